The third-order valence-electron chi connectivity index (χ3n) is 4.73. The second-order valence-electron chi connectivity index (χ2n) is 7.41. The molecule has 132 valence electrons. The molecule has 0 spiro atoms. The van der Waals surface area contributed by atoms with Crippen LogP contribution in [0.4, 0.5) is 0 Å². The molecule has 7 heteroatoms. The van der Waals surface area contributed by atoms with Crippen LogP contribution in [0.2, 0.25) is 0 Å². The van der Waals surface area contributed by atoms with E-state index in [1.54, 1.807) is 17.5 Å². The molecule has 0 aromatic carbocycles. The van der Waals surface area contributed by atoms with E-state index in [1.165, 1.54) is 23.1 Å². The summed E-state index contributed by atoms with van der Waals surface area (Å²) in [5.74, 6) is 0.275. The molecule has 1 fully saturated rings. The normalized spacial score (nSPS) is 19.3. The van der Waals surface area contributed by atoms with E-state index in [2.05, 4.69) is 18.8 Å². The van der Waals surface area contributed by atoms with Crippen LogP contribution < -0.4 is 0 Å². The number of hydrogen-bond acceptors (Lipinski definition) is 6. The molecule has 0 radical (unpaired) electrons. The number of aromatic nitrogens is 1. The van der Waals surface area contributed by atoms with Gasteiger partial charge < -0.3 is 4.90 Å². The van der Waals surface area contributed by atoms with Gasteiger partial charge in [0, 0.05) is 36.7 Å². The zero-order valence-electron chi connectivity index (χ0n) is 14.3. The first-order valence-electron chi connectivity index (χ1n) is 8.50. The maximum Gasteiger partial charge on any atom is 0.264 e. The van der Waals surface area contributed by atoms with Crippen LogP contribution in [0.15, 0.2) is 20.1 Å². The molecule has 1 aliphatic carbocycles. The van der Waals surface area contributed by atoms with Gasteiger partial charge in [0.15, 0.2) is 10.1 Å². The second kappa shape index (κ2) is 6.52. The minimum absolute atomic E-state index is 0.0890. The van der Waals surface area contributed by atoms with Crippen molar-refractivity contribution >= 4 is 46.1 Å². The highest BCUT2D eigenvalue weighted by atomic mass is 32.2. The summed E-state index contributed by atoms with van der Waals surface area (Å²) < 4.78 is 1.86. The number of fused-ring (bicyclic) bond motifs is 1. The highest BCUT2D eigenvalue weighted by Gasteiger charge is 2.38. The standard InChI is InChI=1S/C18H20N2O2S3/c1-18(2)9-11-13(12(21)10-18)16(25-17-19-5-8-23-17)24-14(11)15(22)20-6-3-4-7-20/h5,8H,3-4,6-7,9-10H2,1-2H3. The molecular formula is C18H20N2O2S3. The Bertz CT molecular complexity index is 818. The summed E-state index contributed by atoms with van der Waals surface area (Å²) >= 11 is 4.58. The predicted octanol–water partition coefficient (Wildman–Crippen LogP) is 4.75. The zero-order valence-corrected chi connectivity index (χ0v) is 16.8. The molecule has 2 aliphatic rings. The maximum atomic E-state index is 13.1. The predicted molar refractivity (Wildman–Crippen MR) is 102 cm³/mol. The van der Waals surface area contributed by atoms with Crippen molar-refractivity contribution in [3.8, 4) is 0 Å². The van der Waals surface area contributed by atoms with Gasteiger partial charge in [-0.3, -0.25) is 9.59 Å². The molecule has 2 aromatic heterocycles. The molecule has 0 atom stereocenters. The van der Waals surface area contributed by atoms with Crippen molar-refractivity contribution in [3.05, 3.63) is 27.6 Å². The molecule has 4 nitrogen and oxygen atoms in total. The first-order chi connectivity index (χ1) is 11.9. The van der Waals surface area contributed by atoms with E-state index in [0.29, 0.717) is 6.42 Å². The quantitative estimate of drug-likeness (QED) is 0.756. The topological polar surface area (TPSA) is 50.3 Å². The number of thiazole rings is 1. The molecule has 1 amide bonds. The van der Waals surface area contributed by atoms with Gasteiger partial charge >= 0.3 is 0 Å². The van der Waals surface area contributed by atoms with Crippen LogP contribution in [-0.2, 0) is 6.42 Å². The molecule has 0 N–H and O–H groups in total. The van der Waals surface area contributed by atoms with Gasteiger partial charge in [0.25, 0.3) is 5.91 Å². The number of amides is 1. The number of Topliss-reactive ketones (excluding diaryl/α,β-unsaturated/α-hetero) is 1. The van der Waals surface area contributed by atoms with Gasteiger partial charge in [-0.1, -0.05) is 13.8 Å². The van der Waals surface area contributed by atoms with Crippen molar-refractivity contribution in [2.75, 3.05) is 13.1 Å². The summed E-state index contributed by atoms with van der Waals surface area (Å²) in [6, 6.07) is 0. The average molecular weight is 393 g/mol. The SMILES string of the molecule is CC1(C)CC(=O)c2c(Sc3nccs3)sc(C(=O)N3CCCC3)c2C1. The smallest absolute Gasteiger partial charge is 0.264 e. The molecule has 0 bridgehead atoms. The van der Waals surface area contributed by atoms with Gasteiger partial charge in [-0.05, 0) is 42.0 Å². The van der Waals surface area contributed by atoms with Crippen LogP contribution in [0.1, 0.15) is 58.7 Å². The first kappa shape index (κ1) is 17.2. The lowest BCUT2D eigenvalue weighted by atomic mass is 9.74. The molecule has 2 aromatic rings. The fraction of sp³-hybridized carbons (Fsp3) is 0.500. The number of carbonyl (C=O) groups is 2. The van der Waals surface area contributed by atoms with Gasteiger partial charge in [0.1, 0.15) is 0 Å². The van der Waals surface area contributed by atoms with Crippen molar-refractivity contribution in [1.82, 2.24) is 9.88 Å². The first-order valence-corrected chi connectivity index (χ1v) is 11.0. The lowest BCUT2D eigenvalue weighted by molar-refractivity contribution is 0.0795. The van der Waals surface area contributed by atoms with Crippen LogP contribution in [0.5, 0.6) is 0 Å². The number of nitrogens with zero attached hydrogens (tertiary/aromatic N) is 2. The summed E-state index contributed by atoms with van der Waals surface area (Å²) in [5.41, 5.74) is 1.67. The number of likely N-dealkylation sites (tertiary alicyclic amines) is 1. The Morgan fingerprint density at radius 2 is 2.04 bits per heavy atom. The van der Waals surface area contributed by atoms with E-state index in [0.717, 1.165) is 56.9 Å². The van der Waals surface area contributed by atoms with Crippen LogP contribution in [0.3, 0.4) is 0 Å². The highest BCUT2D eigenvalue weighted by Crippen LogP contribution is 2.47. The van der Waals surface area contributed by atoms with Crippen molar-refractivity contribution in [1.29, 1.82) is 0 Å². The van der Waals surface area contributed by atoms with Crippen molar-refractivity contribution in [2.24, 2.45) is 5.41 Å². The summed E-state index contributed by atoms with van der Waals surface area (Å²) in [7, 11) is 0. The Hall–Kier alpha value is -1.18. The summed E-state index contributed by atoms with van der Waals surface area (Å²) in [5, 5.41) is 1.93. The van der Waals surface area contributed by atoms with Gasteiger partial charge in [0.05, 0.1) is 9.09 Å². The largest absolute Gasteiger partial charge is 0.338 e. The van der Waals surface area contributed by atoms with Gasteiger partial charge in [0.2, 0.25) is 0 Å². The van der Waals surface area contributed by atoms with E-state index < -0.39 is 0 Å². The van der Waals surface area contributed by atoms with Crippen molar-refractivity contribution < 1.29 is 9.59 Å². The number of thiophene rings is 1. The van der Waals surface area contributed by atoms with Crippen LogP contribution in [0.25, 0.3) is 0 Å². The minimum Gasteiger partial charge on any atom is -0.338 e. The number of ketones is 1. The Kier molecular flexibility index (Phi) is 4.50. The Labute approximate surface area is 159 Å². The molecule has 3 heterocycles. The number of carbonyl (C=O) groups excluding carboxylic acids is 2. The number of rotatable bonds is 3. The van der Waals surface area contributed by atoms with Gasteiger partial charge in [-0.15, -0.1) is 22.7 Å². The highest BCUT2D eigenvalue weighted by molar-refractivity contribution is 8.02. The molecule has 0 unspecified atom stereocenters. The average Bonchev–Trinajstić information content (AvgIpc) is 3.26. The lowest BCUT2D eigenvalue weighted by Gasteiger charge is -2.29. The van der Waals surface area contributed by atoms with Gasteiger partial charge in [-0.2, -0.15) is 0 Å². The molecule has 1 saturated heterocycles. The Morgan fingerprint density at radius 3 is 2.72 bits per heavy atom. The Balaban J connectivity index is 1.78. The van der Waals surface area contributed by atoms with Crippen molar-refractivity contribution in [2.45, 2.75) is 48.1 Å². The van der Waals surface area contributed by atoms with Crippen LogP contribution in [-0.4, -0.2) is 34.7 Å². The number of hydrogen-bond donors (Lipinski definition) is 0. The third kappa shape index (κ3) is 3.29. The van der Waals surface area contributed by atoms with E-state index in [9.17, 15) is 9.59 Å². The summed E-state index contributed by atoms with van der Waals surface area (Å²) in [4.78, 5) is 33.0. The summed E-state index contributed by atoms with van der Waals surface area (Å²) in [6.45, 7) is 5.89. The molecule has 1 aliphatic heterocycles. The monoisotopic (exact) mass is 392 g/mol. The fourth-order valence-corrected chi connectivity index (χ4v) is 7.04. The zero-order chi connectivity index (χ0) is 17.6. The van der Waals surface area contributed by atoms with Crippen molar-refractivity contribution in [3.63, 3.8) is 0 Å². The third-order valence-corrected chi connectivity index (χ3v) is 8.01. The van der Waals surface area contributed by atoms with E-state index in [-0.39, 0.29) is 17.1 Å². The van der Waals surface area contributed by atoms with E-state index in [1.807, 2.05) is 10.3 Å². The van der Waals surface area contributed by atoms with E-state index >= 15 is 0 Å². The van der Waals surface area contributed by atoms with Crippen LogP contribution >= 0.6 is 34.4 Å². The molecule has 4 rings (SSSR count). The lowest BCUT2D eigenvalue weighted by Crippen LogP contribution is -2.31. The molecule has 0 saturated carbocycles. The maximum absolute atomic E-state index is 13.1. The second-order valence-corrected chi connectivity index (χ2v) is 10.8. The Morgan fingerprint density at radius 1 is 1.28 bits per heavy atom. The molecule has 25 heavy (non-hydrogen) atoms. The van der Waals surface area contributed by atoms with Gasteiger partial charge in [-0.25, -0.2) is 4.98 Å². The minimum atomic E-state index is -0.0890. The van der Waals surface area contributed by atoms with Crippen LogP contribution in [0, 0.1) is 5.41 Å². The van der Waals surface area contributed by atoms with E-state index in [4.69, 9.17) is 0 Å². The molecular weight excluding hydrogens is 372 g/mol. The summed E-state index contributed by atoms with van der Waals surface area (Å²) in [6.07, 6.45) is 5.25. The fourth-order valence-electron chi connectivity index (χ4n) is 3.61.